The molecule has 1 aliphatic heterocycles. The molecule has 2 unspecified atom stereocenters. The van der Waals surface area contributed by atoms with E-state index in [9.17, 15) is 4.21 Å². The molecule has 56 valence electrons. The number of rotatable bonds is 0. The molecule has 0 amide bonds. The van der Waals surface area contributed by atoms with Gasteiger partial charge in [0.2, 0.25) is 8.96 Å². The summed E-state index contributed by atoms with van der Waals surface area (Å²) in [6.45, 7) is 0.457. The van der Waals surface area contributed by atoms with Gasteiger partial charge in [-0.1, -0.05) is 5.92 Å². The van der Waals surface area contributed by atoms with E-state index in [1.165, 1.54) is 4.31 Å². The van der Waals surface area contributed by atoms with Crippen LogP contribution in [-0.4, -0.2) is 28.2 Å². The van der Waals surface area contributed by atoms with Crippen LogP contribution in [0.2, 0.25) is 0 Å². The van der Waals surface area contributed by atoms with Crippen LogP contribution in [0.3, 0.4) is 0 Å². The molecular weight excluding hydrogens is 170 g/mol. The minimum atomic E-state index is -2.66. The van der Waals surface area contributed by atoms with Crippen LogP contribution in [-0.2, 0) is 24.3 Å². The van der Waals surface area contributed by atoms with Crippen LogP contribution in [0, 0.1) is 12.3 Å². The van der Waals surface area contributed by atoms with Gasteiger partial charge < -0.3 is 0 Å². The summed E-state index contributed by atoms with van der Waals surface area (Å²) < 4.78 is 17.4. The number of terminal acetylenes is 1. The molecule has 2 atom stereocenters. The van der Waals surface area contributed by atoms with Crippen molar-refractivity contribution >= 4 is 20.1 Å². The Hall–Kier alpha value is -0.150. The maximum Gasteiger partial charge on any atom is 0.213 e. The van der Waals surface area contributed by atoms with Crippen molar-refractivity contribution < 1.29 is 8.39 Å². The van der Waals surface area contributed by atoms with Crippen LogP contribution in [0.4, 0.5) is 0 Å². The van der Waals surface area contributed by atoms with Gasteiger partial charge >= 0.3 is 0 Å². The Bertz CT molecular complexity index is 264. The Balaban J connectivity index is 2.84. The van der Waals surface area contributed by atoms with Crippen LogP contribution in [0.1, 0.15) is 0 Å². The molecule has 1 rings (SSSR count). The van der Waals surface area contributed by atoms with Gasteiger partial charge in [0, 0.05) is 18.2 Å². The van der Waals surface area contributed by atoms with Crippen LogP contribution >= 0.6 is 0 Å². The molecule has 1 fully saturated rings. The fourth-order valence-corrected chi connectivity index (χ4v) is 2.00. The summed E-state index contributed by atoms with van der Waals surface area (Å²) in [6, 6.07) is 0. The molecule has 0 aromatic carbocycles. The Labute approximate surface area is 65.4 Å². The molecule has 0 aromatic rings. The van der Waals surface area contributed by atoms with Gasteiger partial charge in [0.1, 0.15) is 6.10 Å². The van der Waals surface area contributed by atoms with Gasteiger partial charge in [0.25, 0.3) is 0 Å². The van der Waals surface area contributed by atoms with Crippen molar-refractivity contribution in [3.63, 3.8) is 0 Å². The Kier molecular flexibility index (Phi) is 1.97. The third-order valence-electron chi connectivity index (χ3n) is 1.23. The summed E-state index contributed by atoms with van der Waals surface area (Å²) in [7, 11) is -1.03. The van der Waals surface area contributed by atoms with Crippen molar-refractivity contribution in [3.05, 3.63) is 0 Å². The van der Waals surface area contributed by atoms with Gasteiger partial charge in [0.05, 0.1) is 6.54 Å². The van der Waals surface area contributed by atoms with E-state index >= 15 is 0 Å². The third kappa shape index (κ3) is 1.30. The van der Waals surface area contributed by atoms with E-state index in [1.807, 2.05) is 0 Å². The maximum atomic E-state index is 11.1. The van der Waals surface area contributed by atoms with Gasteiger partial charge in [-0.15, -0.1) is 6.42 Å². The Morgan fingerprint density at radius 3 is 2.80 bits per heavy atom. The second kappa shape index (κ2) is 2.47. The zero-order chi connectivity index (χ0) is 7.78. The Morgan fingerprint density at radius 1 is 2.00 bits per heavy atom. The van der Waals surface area contributed by atoms with E-state index < -0.39 is 15.1 Å². The highest BCUT2D eigenvalue weighted by Crippen LogP contribution is 2.14. The normalized spacial score (nSPS) is 41.4. The molecule has 10 heavy (non-hydrogen) atoms. The molecule has 1 heterocycles. The lowest BCUT2D eigenvalue weighted by atomic mass is 10.4. The average molecular weight is 177 g/mol. The largest absolute Gasteiger partial charge is 0.261 e. The lowest BCUT2D eigenvalue weighted by molar-refractivity contribution is 0.321. The first-order valence-electron chi connectivity index (χ1n) is 2.67. The quantitative estimate of drug-likeness (QED) is 0.468. The van der Waals surface area contributed by atoms with Crippen molar-refractivity contribution in [1.82, 2.24) is 4.31 Å². The van der Waals surface area contributed by atoms with Crippen LogP contribution in [0.15, 0.2) is 0 Å². The first kappa shape index (κ1) is 7.95. The third-order valence-corrected chi connectivity index (χ3v) is 3.62. The number of hydrogen-bond acceptors (Lipinski definition) is 3. The van der Waals surface area contributed by atoms with Crippen molar-refractivity contribution in [2.24, 2.45) is 0 Å². The average Bonchev–Trinajstić information content (AvgIpc) is 2.08. The summed E-state index contributed by atoms with van der Waals surface area (Å²) in [4.78, 5) is 0. The summed E-state index contributed by atoms with van der Waals surface area (Å²) >= 11 is 4.61. The standard InChI is InChI=1S/C5H7NO2S2/c1-3-5-4-6(2)10(7,9)8-5/h1,5H,4H2,2H3. The number of hydrogen-bond donors (Lipinski definition) is 0. The van der Waals surface area contributed by atoms with E-state index in [0.717, 1.165) is 0 Å². The molecular formula is C5H7NO2S2. The summed E-state index contributed by atoms with van der Waals surface area (Å²) in [5, 5.41) is 0. The van der Waals surface area contributed by atoms with Gasteiger partial charge in [-0.05, 0) is 0 Å². The van der Waals surface area contributed by atoms with Crippen LogP contribution in [0.5, 0.6) is 0 Å². The molecule has 0 spiro atoms. The van der Waals surface area contributed by atoms with E-state index in [2.05, 4.69) is 17.1 Å². The lowest BCUT2D eigenvalue weighted by Gasteiger charge is -2.03. The first-order valence-corrected chi connectivity index (χ1v) is 5.03. The zero-order valence-electron chi connectivity index (χ0n) is 5.44. The fourth-order valence-electron chi connectivity index (χ4n) is 0.656. The molecule has 3 nitrogen and oxygen atoms in total. The second-order valence-electron chi connectivity index (χ2n) is 1.99. The predicted octanol–water partition coefficient (Wildman–Crippen LogP) is -0.474. The van der Waals surface area contributed by atoms with Gasteiger partial charge in [0.15, 0.2) is 0 Å². The molecule has 0 aliphatic carbocycles. The van der Waals surface area contributed by atoms with E-state index in [1.54, 1.807) is 7.05 Å². The van der Waals surface area contributed by atoms with E-state index in [0.29, 0.717) is 6.54 Å². The minimum Gasteiger partial charge on any atom is -0.261 e. The molecule has 0 aromatic heterocycles. The van der Waals surface area contributed by atoms with E-state index in [4.69, 9.17) is 10.6 Å². The molecule has 1 saturated heterocycles. The highest BCUT2D eigenvalue weighted by molar-refractivity contribution is 8.29. The predicted molar refractivity (Wildman–Crippen MR) is 41.8 cm³/mol. The number of likely N-dealkylation sites (N-methyl/N-ethyl adjacent to an activating group) is 1. The molecule has 5 heteroatoms. The minimum absolute atomic E-state index is 0.407. The second-order valence-corrected chi connectivity index (χ2v) is 4.92. The smallest absolute Gasteiger partial charge is 0.213 e. The zero-order valence-corrected chi connectivity index (χ0v) is 7.08. The van der Waals surface area contributed by atoms with Crippen molar-refractivity contribution in [3.8, 4) is 12.3 Å². The molecule has 1 aliphatic rings. The fraction of sp³-hybridized carbons (Fsp3) is 0.600. The first-order chi connectivity index (χ1) is 4.56. The maximum absolute atomic E-state index is 11.1. The highest BCUT2D eigenvalue weighted by Gasteiger charge is 2.29. The van der Waals surface area contributed by atoms with Crippen LogP contribution < -0.4 is 0 Å². The van der Waals surface area contributed by atoms with Crippen molar-refractivity contribution in [1.29, 1.82) is 0 Å². The molecule has 0 N–H and O–H groups in total. The summed E-state index contributed by atoms with van der Waals surface area (Å²) in [5.41, 5.74) is 0. The SMILES string of the molecule is C#CC1CN(C)S(=O)(=S)O1. The van der Waals surface area contributed by atoms with Crippen molar-refractivity contribution in [2.75, 3.05) is 13.6 Å². The molecule has 0 saturated carbocycles. The molecule has 0 bridgehead atoms. The van der Waals surface area contributed by atoms with Crippen molar-refractivity contribution in [2.45, 2.75) is 6.10 Å². The summed E-state index contributed by atoms with van der Waals surface area (Å²) in [5.74, 6) is 2.34. The monoisotopic (exact) mass is 177 g/mol. The van der Waals surface area contributed by atoms with Gasteiger partial charge in [-0.25, -0.2) is 8.51 Å². The Morgan fingerprint density at radius 2 is 2.60 bits per heavy atom. The summed E-state index contributed by atoms with van der Waals surface area (Å²) in [6.07, 6.45) is 4.64. The van der Waals surface area contributed by atoms with E-state index in [-0.39, 0.29) is 0 Å². The van der Waals surface area contributed by atoms with Gasteiger partial charge in [-0.2, -0.15) is 0 Å². The van der Waals surface area contributed by atoms with Gasteiger partial charge in [-0.3, -0.25) is 4.18 Å². The molecule has 0 radical (unpaired) electrons. The van der Waals surface area contributed by atoms with Crippen LogP contribution in [0.25, 0.3) is 0 Å². The number of nitrogens with zero attached hydrogens (tertiary/aromatic N) is 1. The topological polar surface area (TPSA) is 29.5 Å². The lowest BCUT2D eigenvalue weighted by Crippen LogP contribution is -2.19. The highest BCUT2D eigenvalue weighted by atomic mass is 32.8.